The number of nitrogens with zero attached hydrogens (tertiary/aromatic N) is 7. The Morgan fingerprint density at radius 1 is 0.853 bits per heavy atom. The van der Waals surface area contributed by atoms with Crippen LogP contribution < -0.4 is 5.56 Å². The molecule has 0 fully saturated rings. The lowest BCUT2D eigenvalue weighted by Gasteiger charge is -2.12. The molecule has 3 aromatic carbocycles. The molecule has 1 aromatic heterocycles. The van der Waals surface area contributed by atoms with Gasteiger partial charge in [0.15, 0.2) is 5.69 Å². The van der Waals surface area contributed by atoms with Crippen molar-refractivity contribution in [2.45, 2.75) is 6.54 Å². The second-order valence-electron chi connectivity index (χ2n) is 7.83. The average Bonchev–Trinajstić information content (AvgIpc) is 3.54. The van der Waals surface area contributed by atoms with Crippen LogP contribution in [0.5, 0.6) is 0 Å². The Labute approximate surface area is 193 Å². The van der Waals surface area contributed by atoms with Crippen molar-refractivity contribution in [2.75, 3.05) is 0 Å². The van der Waals surface area contributed by atoms with Crippen LogP contribution in [0, 0.1) is 11.3 Å². The normalized spacial score (nSPS) is 11.1. The van der Waals surface area contributed by atoms with Gasteiger partial charge in [0.05, 0.1) is 29.0 Å². The highest BCUT2D eigenvalue weighted by Crippen LogP contribution is 2.27. The fraction of sp³-hybridized carbons (Fsp3) is 0.0385. The lowest BCUT2D eigenvalue weighted by atomic mass is 10.1. The van der Waals surface area contributed by atoms with Crippen LogP contribution in [0.2, 0.25) is 0 Å². The number of benzene rings is 3. The number of aromatic nitrogens is 6. The molecule has 0 radical (unpaired) electrons. The third-order valence-corrected chi connectivity index (χ3v) is 5.77. The third-order valence-electron chi connectivity index (χ3n) is 5.77. The van der Waals surface area contributed by atoms with Gasteiger partial charge in [0.1, 0.15) is 11.8 Å². The molecule has 0 saturated heterocycles. The van der Waals surface area contributed by atoms with Crippen LogP contribution in [0.25, 0.3) is 33.7 Å². The number of nitriles is 1. The van der Waals surface area contributed by atoms with Gasteiger partial charge in [0, 0.05) is 17.8 Å². The zero-order valence-corrected chi connectivity index (χ0v) is 17.9. The van der Waals surface area contributed by atoms with Crippen LogP contribution in [0.15, 0.2) is 96.1 Å². The molecule has 0 saturated carbocycles. The van der Waals surface area contributed by atoms with Crippen molar-refractivity contribution in [1.82, 2.24) is 29.3 Å². The van der Waals surface area contributed by atoms with Gasteiger partial charge in [-0.25, -0.2) is 4.68 Å². The molecule has 3 heterocycles. The van der Waals surface area contributed by atoms with Gasteiger partial charge in [0.2, 0.25) is 0 Å². The van der Waals surface area contributed by atoms with E-state index in [1.54, 1.807) is 35.1 Å². The van der Waals surface area contributed by atoms with E-state index >= 15 is 0 Å². The van der Waals surface area contributed by atoms with Crippen LogP contribution in [0.1, 0.15) is 11.1 Å². The molecular formula is C26H17N7O. The summed E-state index contributed by atoms with van der Waals surface area (Å²) in [6.07, 6.45) is 3.63. The summed E-state index contributed by atoms with van der Waals surface area (Å²) < 4.78 is 4.89. The molecule has 162 valence electrons. The van der Waals surface area contributed by atoms with E-state index in [0.717, 1.165) is 22.2 Å². The van der Waals surface area contributed by atoms with Crippen molar-refractivity contribution in [3.63, 3.8) is 0 Å². The molecule has 8 heteroatoms. The largest absolute Gasteiger partial charge is 0.301 e. The van der Waals surface area contributed by atoms with Gasteiger partial charge in [-0.3, -0.25) is 9.48 Å². The molecule has 0 atom stereocenters. The number of para-hydroxylation sites is 2. The Balaban J connectivity index is 1.49. The summed E-state index contributed by atoms with van der Waals surface area (Å²) in [5.74, 6) is 0. The first-order valence-corrected chi connectivity index (χ1v) is 10.7. The van der Waals surface area contributed by atoms with E-state index in [9.17, 15) is 10.1 Å². The highest BCUT2D eigenvalue weighted by Gasteiger charge is 2.23. The standard InChI is InChI=1S/C26H17N7O/c27-16-19-6-1-3-8-22(19)33-26(34)25-24(30-33)21-7-2-4-9-23(21)32(29-25)17-18-10-12-20(13-11-18)31-15-5-14-28-31/h1-15H,17H2. The first kappa shape index (κ1) is 19.6. The van der Waals surface area contributed by atoms with E-state index in [2.05, 4.69) is 16.3 Å². The minimum atomic E-state index is -0.355. The number of hydrogen-bond acceptors (Lipinski definition) is 5. The fourth-order valence-corrected chi connectivity index (χ4v) is 4.12. The molecule has 0 unspecified atom stereocenters. The van der Waals surface area contributed by atoms with Crippen molar-refractivity contribution in [3.8, 4) is 28.8 Å². The first-order chi connectivity index (χ1) is 16.7. The monoisotopic (exact) mass is 443 g/mol. The summed E-state index contributed by atoms with van der Waals surface area (Å²) in [6, 6.07) is 26.7. The number of fused-ring (bicyclic) bond motifs is 3. The molecule has 4 aromatic rings. The molecule has 2 aliphatic rings. The Morgan fingerprint density at radius 2 is 1.65 bits per heavy atom. The topological polar surface area (TPSA) is 94.3 Å². The van der Waals surface area contributed by atoms with Gasteiger partial charge in [-0.1, -0.05) is 42.5 Å². The molecule has 8 nitrogen and oxygen atoms in total. The van der Waals surface area contributed by atoms with Gasteiger partial charge >= 0.3 is 5.56 Å². The zero-order chi connectivity index (χ0) is 23.1. The molecule has 0 amide bonds. The second-order valence-corrected chi connectivity index (χ2v) is 7.83. The van der Waals surface area contributed by atoms with Crippen molar-refractivity contribution in [2.24, 2.45) is 0 Å². The van der Waals surface area contributed by atoms with Crippen LogP contribution >= 0.6 is 0 Å². The zero-order valence-electron chi connectivity index (χ0n) is 17.9. The maximum atomic E-state index is 13.3. The van der Waals surface area contributed by atoms with E-state index in [-0.39, 0.29) is 11.3 Å². The molecule has 0 bridgehead atoms. The van der Waals surface area contributed by atoms with E-state index in [0.29, 0.717) is 23.5 Å². The molecule has 0 aliphatic carbocycles. The molecule has 34 heavy (non-hydrogen) atoms. The maximum absolute atomic E-state index is 13.3. The predicted octanol–water partition coefficient (Wildman–Crippen LogP) is 3.79. The quantitative estimate of drug-likeness (QED) is 0.413. The fourth-order valence-electron chi connectivity index (χ4n) is 4.12. The Hall–Kier alpha value is -5.03. The molecular weight excluding hydrogens is 426 g/mol. The maximum Gasteiger partial charge on any atom is 0.301 e. The average molecular weight is 443 g/mol. The van der Waals surface area contributed by atoms with E-state index in [1.165, 1.54) is 4.68 Å². The van der Waals surface area contributed by atoms with Gasteiger partial charge in [-0.2, -0.15) is 25.2 Å². The molecule has 0 spiro atoms. The van der Waals surface area contributed by atoms with Crippen LogP contribution in [0.3, 0.4) is 0 Å². The van der Waals surface area contributed by atoms with Gasteiger partial charge in [-0.15, -0.1) is 0 Å². The lowest BCUT2D eigenvalue weighted by molar-refractivity contribution is 0.699. The predicted molar refractivity (Wildman–Crippen MR) is 127 cm³/mol. The van der Waals surface area contributed by atoms with Gasteiger partial charge in [-0.05, 0) is 42.0 Å². The minimum Gasteiger partial charge on any atom is -0.265 e. The third kappa shape index (κ3) is 3.15. The summed E-state index contributed by atoms with van der Waals surface area (Å²) in [7, 11) is 0. The number of hydrogen-bond donors (Lipinski definition) is 0. The van der Waals surface area contributed by atoms with Crippen molar-refractivity contribution in [3.05, 3.63) is 113 Å². The Bertz CT molecular complexity index is 1700. The minimum absolute atomic E-state index is 0.264. The molecule has 0 N–H and O–H groups in total. The van der Waals surface area contributed by atoms with Crippen molar-refractivity contribution < 1.29 is 0 Å². The number of rotatable bonds is 4. The summed E-state index contributed by atoms with van der Waals surface area (Å²) >= 11 is 0. The van der Waals surface area contributed by atoms with Gasteiger partial charge in [0.25, 0.3) is 0 Å². The van der Waals surface area contributed by atoms with E-state index in [4.69, 9.17) is 5.10 Å². The molecule has 2 aliphatic heterocycles. The second kappa shape index (κ2) is 7.83. The summed E-state index contributed by atoms with van der Waals surface area (Å²) in [5.41, 5.74) is 4.10. The first-order valence-electron chi connectivity index (χ1n) is 10.7. The Kier molecular flexibility index (Phi) is 4.52. The molecule has 6 rings (SSSR count). The summed E-state index contributed by atoms with van der Waals surface area (Å²) in [6.45, 7) is 0.481. The smallest absolute Gasteiger partial charge is 0.265 e. The summed E-state index contributed by atoms with van der Waals surface area (Å²) in [5, 5.41) is 23.8. The summed E-state index contributed by atoms with van der Waals surface area (Å²) in [4.78, 5) is 13.3. The highest BCUT2D eigenvalue weighted by atomic mass is 16.1. The lowest BCUT2D eigenvalue weighted by Crippen LogP contribution is -2.18. The van der Waals surface area contributed by atoms with Crippen molar-refractivity contribution in [1.29, 1.82) is 5.26 Å². The van der Waals surface area contributed by atoms with Crippen LogP contribution in [0.4, 0.5) is 0 Å². The van der Waals surface area contributed by atoms with E-state index in [1.807, 2.05) is 65.5 Å². The van der Waals surface area contributed by atoms with Gasteiger partial charge < -0.3 is 0 Å². The SMILES string of the molecule is N#Cc1ccccc1-n1nc2c3ccccc3n(Cc3ccc(-n4cccn4)cc3)nc-2c1=O. The van der Waals surface area contributed by atoms with Crippen LogP contribution in [-0.2, 0) is 6.54 Å². The van der Waals surface area contributed by atoms with Crippen molar-refractivity contribution >= 4 is 10.9 Å². The van der Waals surface area contributed by atoms with Crippen LogP contribution in [-0.4, -0.2) is 29.3 Å². The Morgan fingerprint density at radius 3 is 2.44 bits per heavy atom. The highest BCUT2D eigenvalue weighted by molar-refractivity contribution is 5.92. The van der Waals surface area contributed by atoms with E-state index < -0.39 is 0 Å².